The van der Waals surface area contributed by atoms with Crippen LogP contribution in [0.25, 0.3) is 0 Å². The summed E-state index contributed by atoms with van der Waals surface area (Å²) in [5, 5.41) is 2.75. The van der Waals surface area contributed by atoms with Gasteiger partial charge in [-0.2, -0.15) is 0 Å². The van der Waals surface area contributed by atoms with Crippen molar-refractivity contribution in [3.8, 4) is 0 Å². The van der Waals surface area contributed by atoms with Crippen LogP contribution in [0.3, 0.4) is 0 Å². The van der Waals surface area contributed by atoms with E-state index in [0.717, 1.165) is 11.1 Å². The maximum absolute atomic E-state index is 14.2. The summed E-state index contributed by atoms with van der Waals surface area (Å²) >= 11 is 1.49. The molecule has 0 saturated carbocycles. The molecule has 1 saturated heterocycles. The van der Waals surface area contributed by atoms with Crippen LogP contribution in [0.4, 0.5) is 15.8 Å². The van der Waals surface area contributed by atoms with Gasteiger partial charge in [0.25, 0.3) is 0 Å². The molecule has 3 aromatic carbocycles. The molecule has 164 valence electrons. The van der Waals surface area contributed by atoms with Crippen molar-refractivity contribution in [1.29, 1.82) is 0 Å². The number of thioether (sulfide) groups is 1. The minimum absolute atomic E-state index is 0.0622. The fourth-order valence-electron chi connectivity index (χ4n) is 3.94. The van der Waals surface area contributed by atoms with Crippen molar-refractivity contribution in [1.82, 2.24) is 0 Å². The number of carbonyl (C=O) groups is 2. The van der Waals surface area contributed by atoms with E-state index in [-0.39, 0.29) is 28.9 Å². The summed E-state index contributed by atoms with van der Waals surface area (Å²) in [4.78, 5) is 27.2. The Bertz CT molecular complexity index is 1140. The van der Waals surface area contributed by atoms with Crippen LogP contribution < -0.4 is 10.2 Å². The normalized spacial score (nSPS) is 16.8. The van der Waals surface area contributed by atoms with Crippen molar-refractivity contribution >= 4 is 35.0 Å². The summed E-state index contributed by atoms with van der Waals surface area (Å²) < 4.78 is 14.2. The molecule has 2 atom stereocenters. The lowest BCUT2D eigenvalue weighted by Gasteiger charge is -2.25. The van der Waals surface area contributed by atoms with Crippen LogP contribution in [0.5, 0.6) is 0 Å². The Labute approximate surface area is 191 Å². The van der Waals surface area contributed by atoms with Gasteiger partial charge in [0.15, 0.2) is 0 Å². The van der Waals surface area contributed by atoms with Crippen LogP contribution in [0.1, 0.15) is 41.3 Å². The number of hydrogen-bond acceptors (Lipinski definition) is 3. The van der Waals surface area contributed by atoms with Crippen molar-refractivity contribution < 1.29 is 14.0 Å². The Morgan fingerprint density at radius 1 is 1.12 bits per heavy atom. The quantitative estimate of drug-likeness (QED) is 0.500. The molecule has 1 fully saturated rings. The Morgan fingerprint density at radius 2 is 1.91 bits per heavy atom. The minimum atomic E-state index is -0.335. The fraction of sp³-hybridized carbons (Fsp3) is 0.231. The molecule has 4 nitrogen and oxygen atoms in total. The number of hydrogen-bond donors (Lipinski definition) is 1. The standard InChI is InChI=1S/C26H25FN2O2S/c1-3-22(18-8-5-4-6-9-18)25(31)28-20-11-7-10-19(14-20)26-29(24(30)16-32-26)21-13-12-17(2)23(27)15-21/h4-15,22,26H,3,16H2,1-2H3,(H,28,31)/t22-,26-/m0/s1. The second-order valence-electron chi connectivity index (χ2n) is 7.85. The largest absolute Gasteiger partial charge is 0.326 e. The van der Waals surface area contributed by atoms with E-state index in [1.165, 1.54) is 17.8 Å². The fourth-order valence-corrected chi connectivity index (χ4v) is 5.11. The topological polar surface area (TPSA) is 49.4 Å². The molecule has 3 aromatic rings. The maximum Gasteiger partial charge on any atom is 0.238 e. The average Bonchev–Trinajstić information content (AvgIpc) is 3.18. The molecule has 2 amide bonds. The third kappa shape index (κ3) is 4.55. The van der Waals surface area contributed by atoms with Gasteiger partial charge in [-0.1, -0.05) is 55.5 Å². The van der Waals surface area contributed by atoms with Crippen molar-refractivity contribution in [3.05, 3.63) is 95.3 Å². The molecule has 0 spiro atoms. The van der Waals surface area contributed by atoms with Gasteiger partial charge in [-0.05, 0) is 54.3 Å². The number of halogens is 1. The van der Waals surface area contributed by atoms with Gasteiger partial charge in [-0.15, -0.1) is 11.8 Å². The van der Waals surface area contributed by atoms with Crippen molar-refractivity contribution in [3.63, 3.8) is 0 Å². The number of amides is 2. The molecule has 0 radical (unpaired) electrons. The van der Waals surface area contributed by atoms with Gasteiger partial charge in [-0.25, -0.2) is 4.39 Å². The van der Waals surface area contributed by atoms with Crippen LogP contribution >= 0.6 is 11.8 Å². The second-order valence-corrected chi connectivity index (χ2v) is 8.92. The first-order valence-electron chi connectivity index (χ1n) is 10.6. The zero-order valence-corrected chi connectivity index (χ0v) is 18.9. The van der Waals surface area contributed by atoms with Gasteiger partial charge < -0.3 is 5.32 Å². The Kier molecular flexibility index (Phi) is 6.61. The van der Waals surface area contributed by atoms with Gasteiger partial charge in [0.1, 0.15) is 11.2 Å². The number of nitrogens with one attached hydrogen (secondary N) is 1. The first kappa shape index (κ1) is 22.1. The van der Waals surface area contributed by atoms with Gasteiger partial charge in [0.05, 0.1) is 11.7 Å². The van der Waals surface area contributed by atoms with E-state index in [4.69, 9.17) is 0 Å². The van der Waals surface area contributed by atoms with Gasteiger partial charge in [0.2, 0.25) is 11.8 Å². The van der Waals surface area contributed by atoms with E-state index in [2.05, 4.69) is 5.32 Å². The van der Waals surface area contributed by atoms with E-state index in [0.29, 0.717) is 29.1 Å². The molecule has 1 aliphatic heterocycles. The summed E-state index contributed by atoms with van der Waals surface area (Å²) in [5.74, 6) is -0.382. The molecule has 0 aliphatic carbocycles. The van der Waals surface area contributed by atoms with Crippen molar-refractivity contribution in [2.24, 2.45) is 0 Å². The predicted octanol–water partition coefficient (Wildman–Crippen LogP) is 6.05. The second kappa shape index (κ2) is 9.57. The van der Waals surface area contributed by atoms with Crippen LogP contribution in [-0.2, 0) is 9.59 Å². The lowest BCUT2D eigenvalue weighted by Crippen LogP contribution is -2.28. The summed E-state index contributed by atoms with van der Waals surface area (Å²) in [6.07, 6.45) is 0.690. The summed E-state index contributed by atoms with van der Waals surface area (Å²) in [6, 6.07) is 22.1. The van der Waals surface area contributed by atoms with Crippen molar-refractivity contribution in [2.45, 2.75) is 31.6 Å². The Hall–Kier alpha value is -3.12. The van der Waals surface area contributed by atoms with Gasteiger partial charge >= 0.3 is 0 Å². The lowest BCUT2D eigenvalue weighted by molar-refractivity contribution is -0.118. The highest BCUT2D eigenvalue weighted by Crippen LogP contribution is 2.42. The van der Waals surface area contributed by atoms with Crippen molar-refractivity contribution in [2.75, 3.05) is 16.0 Å². The Morgan fingerprint density at radius 3 is 2.62 bits per heavy atom. The zero-order valence-electron chi connectivity index (χ0n) is 18.0. The van der Waals surface area contributed by atoms with Crippen LogP contribution in [0.15, 0.2) is 72.8 Å². The lowest BCUT2D eigenvalue weighted by atomic mass is 9.95. The summed E-state index contributed by atoms with van der Waals surface area (Å²) in [7, 11) is 0. The minimum Gasteiger partial charge on any atom is -0.326 e. The van der Waals surface area contributed by atoms with Gasteiger partial charge in [0, 0.05) is 11.4 Å². The molecular formula is C26H25FN2O2S. The highest BCUT2D eigenvalue weighted by Gasteiger charge is 2.34. The third-order valence-electron chi connectivity index (χ3n) is 5.67. The third-order valence-corrected chi connectivity index (χ3v) is 6.88. The number of aryl methyl sites for hydroxylation is 1. The number of benzene rings is 3. The van der Waals surface area contributed by atoms with Crippen LogP contribution in [-0.4, -0.2) is 17.6 Å². The van der Waals surface area contributed by atoms with Crippen LogP contribution in [0, 0.1) is 12.7 Å². The number of rotatable bonds is 6. The van der Waals surface area contributed by atoms with E-state index < -0.39 is 0 Å². The molecule has 0 aromatic heterocycles. The number of nitrogens with zero attached hydrogens (tertiary/aromatic N) is 1. The highest BCUT2D eigenvalue weighted by atomic mass is 32.2. The molecule has 0 unspecified atom stereocenters. The predicted molar refractivity (Wildman–Crippen MR) is 128 cm³/mol. The van der Waals surface area contributed by atoms with E-state index in [9.17, 15) is 14.0 Å². The molecule has 32 heavy (non-hydrogen) atoms. The SMILES string of the molecule is CC[C@H](C(=O)Nc1cccc([C@@H]2SCC(=O)N2c2ccc(C)c(F)c2)c1)c1ccccc1. The molecule has 1 aliphatic rings. The zero-order chi connectivity index (χ0) is 22.7. The first-order valence-corrected chi connectivity index (χ1v) is 11.7. The van der Waals surface area contributed by atoms with Gasteiger partial charge in [-0.3, -0.25) is 14.5 Å². The molecule has 1 N–H and O–H groups in total. The van der Waals surface area contributed by atoms with E-state index in [1.807, 2.05) is 61.5 Å². The average molecular weight is 449 g/mol. The summed E-state index contributed by atoms with van der Waals surface area (Å²) in [6.45, 7) is 3.69. The number of carbonyl (C=O) groups excluding carboxylic acids is 2. The molecule has 1 heterocycles. The summed E-state index contributed by atoms with van der Waals surface area (Å²) in [5.41, 5.74) is 3.62. The molecule has 6 heteroatoms. The monoisotopic (exact) mass is 448 g/mol. The van der Waals surface area contributed by atoms with Crippen LogP contribution in [0.2, 0.25) is 0 Å². The molecule has 0 bridgehead atoms. The smallest absolute Gasteiger partial charge is 0.238 e. The highest BCUT2D eigenvalue weighted by molar-refractivity contribution is 8.00. The van der Waals surface area contributed by atoms with E-state index >= 15 is 0 Å². The Balaban J connectivity index is 1.57. The number of anilines is 2. The first-order chi connectivity index (χ1) is 15.5. The van der Waals surface area contributed by atoms with E-state index in [1.54, 1.807) is 24.0 Å². The maximum atomic E-state index is 14.2. The molecular weight excluding hydrogens is 423 g/mol. The molecule has 4 rings (SSSR count).